The minimum atomic E-state index is -0.604. The second-order valence-electron chi connectivity index (χ2n) is 7.78. The van der Waals surface area contributed by atoms with E-state index in [-0.39, 0.29) is 18.3 Å². The molecule has 0 fully saturated rings. The lowest BCUT2D eigenvalue weighted by Gasteiger charge is -2.34. The number of allylic oxidation sites excluding steroid dienone is 2. The lowest BCUT2D eigenvalue weighted by molar-refractivity contribution is -0.138. The van der Waals surface area contributed by atoms with E-state index in [0.717, 1.165) is 11.1 Å². The van der Waals surface area contributed by atoms with Crippen LogP contribution in [-0.2, 0) is 23.9 Å². The Labute approximate surface area is 186 Å². The number of carbonyl (C=O) groups is 3. The number of benzene rings is 2. The van der Waals surface area contributed by atoms with Crippen molar-refractivity contribution in [1.82, 2.24) is 0 Å². The quantitative estimate of drug-likeness (QED) is 0.692. The zero-order chi connectivity index (χ0) is 22.7. The predicted molar refractivity (Wildman–Crippen MR) is 120 cm³/mol. The third-order valence-electron chi connectivity index (χ3n) is 5.55. The molecule has 0 saturated carbocycles. The molecule has 0 radical (unpaired) electrons. The van der Waals surface area contributed by atoms with Gasteiger partial charge >= 0.3 is 5.97 Å². The maximum Gasteiger partial charge on any atom is 0.338 e. The molecular formula is C26H25NO5. The fourth-order valence-corrected chi connectivity index (χ4v) is 4.23. The number of rotatable bonds is 5. The van der Waals surface area contributed by atoms with Crippen LogP contribution in [0.5, 0.6) is 0 Å². The van der Waals surface area contributed by atoms with Crippen molar-refractivity contribution in [1.29, 1.82) is 0 Å². The van der Waals surface area contributed by atoms with Gasteiger partial charge in [0, 0.05) is 36.6 Å². The van der Waals surface area contributed by atoms with E-state index in [1.807, 2.05) is 42.5 Å². The first kappa shape index (κ1) is 21.6. The predicted octanol–water partition coefficient (Wildman–Crippen LogP) is 4.74. The van der Waals surface area contributed by atoms with Crippen LogP contribution in [0, 0.1) is 0 Å². The maximum absolute atomic E-state index is 13.2. The second kappa shape index (κ2) is 9.22. The fourth-order valence-electron chi connectivity index (χ4n) is 4.23. The van der Waals surface area contributed by atoms with E-state index in [2.05, 4.69) is 5.32 Å². The molecule has 1 aliphatic heterocycles. The number of ether oxygens (including phenoxy) is 2. The summed E-state index contributed by atoms with van der Waals surface area (Å²) in [6.45, 7) is 3.40. The van der Waals surface area contributed by atoms with Crippen molar-refractivity contribution in [3.8, 4) is 0 Å². The van der Waals surface area contributed by atoms with Crippen LogP contribution in [-0.4, -0.2) is 24.3 Å². The van der Waals surface area contributed by atoms with Crippen LogP contribution < -0.4 is 5.32 Å². The van der Waals surface area contributed by atoms with Gasteiger partial charge in [0.25, 0.3) is 0 Å². The molecule has 1 heterocycles. The van der Waals surface area contributed by atoms with Crippen LogP contribution >= 0.6 is 0 Å². The SMILES string of the molecule is CCOC(=O)C1=C(c2ccccc2)OC2=C(C(=O)CCC2)C1c1ccc(NC(C)=O)cc1. The van der Waals surface area contributed by atoms with Gasteiger partial charge in [-0.25, -0.2) is 4.79 Å². The standard InChI is InChI=1S/C26H25NO5/c1-3-31-26(30)24-22(17-12-14-19(15-13-17)27-16(2)28)23-20(29)10-7-11-21(23)32-25(24)18-8-5-4-6-9-18/h4-6,8-9,12-15,22H,3,7,10-11H2,1-2H3,(H,27,28). The van der Waals surface area contributed by atoms with Gasteiger partial charge in [0.15, 0.2) is 5.78 Å². The zero-order valence-electron chi connectivity index (χ0n) is 18.1. The van der Waals surface area contributed by atoms with Gasteiger partial charge < -0.3 is 14.8 Å². The van der Waals surface area contributed by atoms with E-state index in [1.54, 1.807) is 19.1 Å². The Kier molecular flexibility index (Phi) is 6.21. The lowest BCUT2D eigenvalue weighted by Crippen LogP contribution is -2.29. The molecule has 1 atom stereocenters. The fraction of sp³-hybridized carbons (Fsp3) is 0.269. The van der Waals surface area contributed by atoms with E-state index < -0.39 is 11.9 Å². The minimum absolute atomic E-state index is 0.0175. The Morgan fingerprint density at radius 3 is 2.44 bits per heavy atom. The average Bonchev–Trinajstić information content (AvgIpc) is 2.79. The molecule has 0 saturated heterocycles. The number of amides is 1. The zero-order valence-corrected chi connectivity index (χ0v) is 18.1. The van der Waals surface area contributed by atoms with Gasteiger partial charge in [0.05, 0.1) is 18.1 Å². The summed E-state index contributed by atoms with van der Waals surface area (Å²) in [5, 5.41) is 2.74. The summed E-state index contributed by atoms with van der Waals surface area (Å²) in [7, 11) is 0. The van der Waals surface area contributed by atoms with Crippen molar-refractivity contribution < 1.29 is 23.9 Å². The monoisotopic (exact) mass is 431 g/mol. The molecule has 6 nitrogen and oxygen atoms in total. The number of carbonyl (C=O) groups excluding carboxylic acids is 3. The van der Waals surface area contributed by atoms with E-state index in [1.165, 1.54) is 6.92 Å². The molecule has 1 aliphatic carbocycles. The third-order valence-corrected chi connectivity index (χ3v) is 5.55. The summed E-state index contributed by atoms with van der Waals surface area (Å²) in [5.41, 5.74) is 3.00. The second-order valence-corrected chi connectivity index (χ2v) is 7.78. The van der Waals surface area contributed by atoms with Crippen LogP contribution in [0.3, 0.4) is 0 Å². The Balaban J connectivity index is 1.91. The number of ketones is 1. The Morgan fingerprint density at radius 2 is 1.78 bits per heavy atom. The van der Waals surface area contributed by atoms with Crippen molar-refractivity contribution >= 4 is 29.1 Å². The maximum atomic E-state index is 13.2. The molecule has 0 spiro atoms. The molecule has 0 bridgehead atoms. The highest BCUT2D eigenvalue weighted by molar-refractivity contribution is 6.06. The van der Waals surface area contributed by atoms with E-state index in [0.29, 0.717) is 47.6 Å². The average molecular weight is 431 g/mol. The molecule has 2 aliphatic rings. The van der Waals surface area contributed by atoms with E-state index >= 15 is 0 Å². The number of esters is 1. The minimum Gasteiger partial charge on any atom is -0.463 e. The van der Waals surface area contributed by atoms with E-state index in [4.69, 9.17) is 9.47 Å². The summed E-state index contributed by atoms with van der Waals surface area (Å²) in [6, 6.07) is 16.6. The third kappa shape index (κ3) is 4.21. The summed E-state index contributed by atoms with van der Waals surface area (Å²) in [6.07, 6.45) is 1.76. The topological polar surface area (TPSA) is 81.7 Å². The van der Waals surface area contributed by atoms with Crippen molar-refractivity contribution in [3.63, 3.8) is 0 Å². The van der Waals surface area contributed by atoms with Crippen LogP contribution in [0.15, 0.2) is 71.5 Å². The van der Waals surface area contributed by atoms with Crippen LogP contribution in [0.4, 0.5) is 5.69 Å². The first-order valence-electron chi connectivity index (χ1n) is 10.8. The number of nitrogens with one attached hydrogen (secondary N) is 1. The molecule has 1 N–H and O–H groups in total. The number of hydrogen-bond acceptors (Lipinski definition) is 5. The molecule has 164 valence electrons. The number of Topliss-reactive ketones (excluding diaryl/α,β-unsaturated/α-hetero) is 1. The van der Waals surface area contributed by atoms with Crippen molar-refractivity contribution in [2.75, 3.05) is 11.9 Å². The van der Waals surface area contributed by atoms with Crippen LogP contribution in [0.1, 0.15) is 50.2 Å². The summed E-state index contributed by atoms with van der Waals surface area (Å²) < 4.78 is 11.6. The van der Waals surface area contributed by atoms with Gasteiger partial charge in [-0.3, -0.25) is 9.59 Å². The van der Waals surface area contributed by atoms with Gasteiger partial charge in [-0.05, 0) is 31.0 Å². The molecule has 32 heavy (non-hydrogen) atoms. The van der Waals surface area contributed by atoms with Crippen molar-refractivity contribution in [2.45, 2.75) is 39.0 Å². The van der Waals surface area contributed by atoms with Crippen molar-refractivity contribution in [3.05, 3.63) is 82.6 Å². The lowest BCUT2D eigenvalue weighted by atomic mass is 9.76. The van der Waals surface area contributed by atoms with Gasteiger partial charge in [0.2, 0.25) is 5.91 Å². The smallest absolute Gasteiger partial charge is 0.338 e. The van der Waals surface area contributed by atoms with Gasteiger partial charge in [-0.2, -0.15) is 0 Å². The summed E-state index contributed by atoms with van der Waals surface area (Å²) in [5.74, 6) is -0.261. The molecule has 1 unspecified atom stereocenters. The normalized spacial score (nSPS) is 18.1. The Morgan fingerprint density at radius 1 is 1.06 bits per heavy atom. The number of hydrogen-bond donors (Lipinski definition) is 1. The molecule has 1 amide bonds. The summed E-state index contributed by atoms with van der Waals surface area (Å²) >= 11 is 0. The Hall–Kier alpha value is -3.67. The van der Waals surface area contributed by atoms with Gasteiger partial charge in [-0.1, -0.05) is 42.5 Å². The molecule has 4 rings (SSSR count). The van der Waals surface area contributed by atoms with Crippen molar-refractivity contribution in [2.24, 2.45) is 0 Å². The highest BCUT2D eigenvalue weighted by atomic mass is 16.5. The first-order chi connectivity index (χ1) is 15.5. The first-order valence-corrected chi connectivity index (χ1v) is 10.8. The molecule has 2 aromatic rings. The Bertz CT molecular complexity index is 1110. The summed E-state index contributed by atoms with van der Waals surface area (Å²) in [4.78, 5) is 37.6. The van der Waals surface area contributed by atoms with Gasteiger partial charge in [-0.15, -0.1) is 0 Å². The molecule has 6 heteroatoms. The molecule has 0 aromatic heterocycles. The molecule has 2 aromatic carbocycles. The highest BCUT2D eigenvalue weighted by Gasteiger charge is 2.41. The molecular weight excluding hydrogens is 406 g/mol. The largest absolute Gasteiger partial charge is 0.463 e. The van der Waals surface area contributed by atoms with Crippen LogP contribution in [0.2, 0.25) is 0 Å². The number of anilines is 1. The highest BCUT2D eigenvalue weighted by Crippen LogP contribution is 2.47. The van der Waals surface area contributed by atoms with Gasteiger partial charge in [0.1, 0.15) is 11.5 Å². The van der Waals surface area contributed by atoms with Crippen LogP contribution in [0.25, 0.3) is 5.76 Å². The van der Waals surface area contributed by atoms with E-state index in [9.17, 15) is 14.4 Å².